The molecule has 4 aliphatic carbocycles. The van der Waals surface area contributed by atoms with Gasteiger partial charge in [0.2, 0.25) is 0 Å². The van der Waals surface area contributed by atoms with Gasteiger partial charge >= 0.3 is 0 Å². The van der Waals surface area contributed by atoms with Crippen molar-refractivity contribution >= 4 is 24.5 Å². The number of carbonyl (C=O) groups excluding carboxylic acids is 1. The topological polar surface area (TPSA) is 44.8 Å². The van der Waals surface area contributed by atoms with Gasteiger partial charge in [-0.15, -0.1) is 0 Å². The third-order valence-corrected chi connectivity index (χ3v) is 18.1. The second-order valence-electron chi connectivity index (χ2n) is 15.7. The summed E-state index contributed by atoms with van der Waals surface area (Å²) in [6, 6.07) is 22.0. The molecule has 0 unspecified atom stereocenters. The monoisotopic (exact) mass is 586 g/mol. The van der Waals surface area contributed by atoms with Crippen LogP contribution < -0.4 is 10.4 Å². The molecule has 7 rings (SSSR count). The van der Waals surface area contributed by atoms with E-state index in [4.69, 9.17) is 13.9 Å². The fourth-order valence-electron chi connectivity index (χ4n) is 10.8. The summed E-state index contributed by atoms with van der Waals surface area (Å²) >= 11 is 0. The highest BCUT2D eigenvalue weighted by molar-refractivity contribution is 6.99. The van der Waals surface area contributed by atoms with Crippen LogP contribution in [-0.2, 0) is 18.7 Å². The number of ether oxygens (including phenoxy) is 2. The van der Waals surface area contributed by atoms with Gasteiger partial charge in [0.1, 0.15) is 5.78 Å². The Morgan fingerprint density at radius 2 is 1.40 bits per heavy atom. The van der Waals surface area contributed by atoms with E-state index in [1.165, 1.54) is 10.4 Å². The summed E-state index contributed by atoms with van der Waals surface area (Å²) < 4.78 is 20.3. The minimum atomic E-state index is -2.63. The first-order valence-electron chi connectivity index (χ1n) is 16.6. The molecule has 0 N–H and O–H groups in total. The van der Waals surface area contributed by atoms with Crippen molar-refractivity contribution in [3.05, 3.63) is 60.7 Å². The van der Waals surface area contributed by atoms with E-state index in [0.29, 0.717) is 43.2 Å². The fourth-order valence-corrected chi connectivity index (χ4v) is 15.6. The Morgan fingerprint density at radius 3 is 2.00 bits per heavy atom. The summed E-state index contributed by atoms with van der Waals surface area (Å²) in [6.45, 7) is 13.4. The molecule has 4 saturated carbocycles. The summed E-state index contributed by atoms with van der Waals surface area (Å²) in [6.07, 6.45) is 8.32. The van der Waals surface area contributed by atoms with Gasteiger partial charge in [-0.2, -0.15) is 0 Å². The maximum atomic E-state index is 14.2. The van der Waals surface area contributed by atoms with Gasteiger partial charge in [-0.05, 0) is 77.1 Å². The number of hydrogen-bond donors (Lipinski definition) is 0. The highest BCUT2D eigenvalue weighted by Crippen LogP contribution is 2.69. The predicted octanol–water partition coefficient (Wildman–Crippen LogP) is 6.90. The van der Waals surface area contributed by atoms with Crippen LogP contribution in [0.5, 0.6) is 0 Å². The fraction of sp³-hybridized carbons (Fsp3) is 0.649. The summed E-state index contributed by atoms with van der Waals surface area (Å²) in [5.74, 6) is 1.45. The van der Waals surface area contributed by atoms with Crippen molar-refractivity contribution in [2.24, 2.45) is 34.5 Å². The number of benzene rings is 2. The molecule has 226 valence electrons. The SMILES string of the molecule is CC(C)(C)[Si](O[C@H]1CC[C@@]2(C)[C@@H](CC(=O)[C@@H]3[C@@H]2CC[C@@]2(C)[C@H]3CCC23OCCO3)C1)(c1ccccc1)c1ccccc1. The van der Waals surface area contributed by atoms with Gasteiger partial charge in [0.05, 0.1) is 13.2 Å². The van der Waals surface area contributed by atoms with Crippen molar-refractivity contribution in [3.63, 3.8) is 0 Å². The van der Waals surface area contributed by atoms with Crippen molar-refractivity contribution in [1.29, 1.82) is 0 Å². The maximum absolute atomic E-state index is 14.2. The second-order valence-corrected chi connectivity index (χ2v) is 20.0. The Morgan fingerprint density at radius 1 is 0.810 bits per heavy atom. The molecular formula is C37H50O4Si. The van der Waals surface area contributed by atoms with Crippen LogP contribution in [0.15, 0.2) is 60.7 Å². The first-order valence-corrected chi connectivity index (χ1v) is 18.5. The van der Waals surface area contributed by atoms with Crippen molar-refractivity contribution in [3.8, 4) is 0 Å². The molecule has 1 aliphatic heterocycles. The van der Waals surface area contributed by atoms with Crippen LogP contribution in [0.25, 0.3) is 0 Å². The standard InChI is InChI=1S/C37H50O4Si/c1-34(2,3)42(28-12-8-6-9-13-28,29-14-10-7-11-15-29)41-27-16-19-35(4)26(24-27)25-32(38)33-30(35)17-20-36(5)31(33)18-21-37(36)39-22-23-40-37/h6-15,26-27,30-31,33H,16-25H2,1-5H3/t26-,27+,30+,31+,33-,35+,36+/m1/s1. The largest absolute Gasteiger partial charge is 0.404 e. The van der Waals surface area contributed by atoms with E-state index in [-0.39, 0.29) is 27.9 Å². The van der Waals surface area contributed by atoms with Gasteiger partial charge in [-0.3, -0.25) is 4.79 Å². The van der Waals surface area contributed by atoms with Gasteiger partial charge in [0, 0.05) is 30.3 Å². The zero-order chi connectivity index (χ0) is 29.4. The second kappa shape index (κ2) is 10.1. The van der Waals surface area contributed by atoms with Crippen molar-refractivity contribution in [2.45, 2.75) is 103 Å². The number of ketones is 1. The molecular weight excluding hydrogens is 536 g/mol. The van der Waals surface area contributed by atoms with Gasteiger partial charge in [0.15, 0.2) is 5.79 Å². The summed E-state index contributed by atoms with van der Waals surface area (Å²) in [5, 5.41) is 2.64. The van der Waals surface area contributed by atoms with E-state index in [2.05, 4.69) is 95.3 Å². The van der Waals surface area contributed by atoms with E-state index in [1.807, 2.05) is 0 Å². The molecule has 5 aliphatic rings. The van der Waals surface area contributed by atoms with Gasteiger partial charge < -0.3 is 13.9 Å². The van der Waals surface area contributed by atoms with Crippen LogP contribution in [0.2, 0.25) is 5.04 Å². The van der Waals surface area contributed by atoms with Gasteiger partial charge in [-0.25, -0.2) is 0 Å². The minimum Gasteiger partial charge on any atom is -0.404 e. The molecule has 0 aromatic heterocycles. The van der Waals surface area contributed by atoms with Crippen LogP contribution in [0, 0.1) is 34.5 Å². The lowest BCUT2D eigenvalue weighted by Gasteiger charge is -2.61. The van der Waals surface area contributed by atoms with E-state index in [9.17, 15) is 4.79 Å². The zero-order valence-electron chi connectivity index (χ0n) is 26.4. The van der Waals surface area contributed by atoms with Crippen LogP contribution in [0.3, 0.4) is 0 Å². The normalized spacial score (nSPS) is 37.7. The molecule has 0 amide bonds. The lowest BCUT2D eigenvalue weighted by atomic mass is 9.44. The highest BCUT2D eigenvalue weighted by Gasteiger charge is 2.69. The third kappa shape index (κ3) is 4.06. The van der Waals surface area contributed by atoms with Crippen LogP contribution in [0.4, 0.5) is 0 Å². The lowest BCUT2D eigenvalue weighted by Crippen LogP contribution is -2.68. The first-order chi connectivity index (χ1) is 20.0. The smallest absolute Gasteiger partial charge is 0.261 e. The number of rotatable bonds is 4. The van der Waals surface area contributed by atoms with Crippen molar-refractivity contribution in [2.75, 3.05) is 13.2 Å². The summed E-state index contributed by atoms with van der Waals surface area (Å²) in [5.41, 5.74) is 0.144. The first kappa shape index (κ1) is 28.9. The molecule has 7 atom stereocenters. The Labute approximate surface area is 254 Å². The Balaban J connectivity index is 1.18. The third-order valence-electron chi connectivity index (χ3n) is 13.0. The molecule has 1 spiro atoms. The van der Waals surface area contributed by atoms with Crippen LogP contribution >= 0.6 is 0 Å². The number of fused-ring (bicyclic) bond motifs is 6. The molecule has 42 heavy (non-hydrogen) atoms. The molecule has 0 radical (unpaired) electrons. The molecule has 2 aromatic carbocycles. The predicted molar refractivity (Wildman–Crippen MR) is 169 cm³/mol. The molecule has 0 bridgehead atoms. The molecule has 5 fully saturated rings. The quantitative estimate of drug-likeness (QED) is 0.366. The number of hydrogen-bond acceptors (Lipinski definition) is 4. The van der Waals surface area contributed by atoms with Crippen molar-refractivity contribution < 1.29 is 18.7 Å². The van der Waals surface area contributed by atoms with Gasteiger partial charge in [0.25, 0.3) is 8.32 Å². The molecule has 5 heteroatoms. The van der Waals surface area contributed by atoms with E-state index in [1.54, 1.807) is 0 Å². The Bertz CT molecular complexity index is 1260. The maximum Gasteiger partial charge on any atom is 0.261 e. The lowest BCUT2D eigenvalue weighted by molar-refractivity contribution is -0.245. The highest BCUT2D eigenvalue weighted by atomic mass is 28.4. The summed E-state index contributed by atoms with van der Waals surface area (Å²) in [4.78, 5) is 14.2. The minimum absolute atomic E-state index is 0.0411. The molecule has 2 aromatic rings. The molecule has 1 heterocycles. The van der Waals surface area contributed by atoms with E-state index >= 15 is 0 Å². The zero-order valence-corrected chi connectivity index (χ0v) is 27.4. The van der Waals surface area contributed by atoms with Crippen molar-refractivity contribution in [1.82, 2.24) is 0 Å². The molecule has 1 saturated heterocycles. The Kier molecular flexibility index (Phi) is 6.97. The number of Topliss-reactive ketones (excluding diaryl/α,β-unsaturated/α-hetero) is 1. The average molecular weight is 587 g/mol. The van der Waals surface area contributed by atoms with Crippen LogP contribution in [-0.4, -0.2) is 39.2 Å². The number of carbonyl (C=O) groups is 1. The summed E-state index contributed by atoms with van der Waals surface area (Å²) in [7, 11) is -2.63. The van der Waals surface area contributed by atoms with Crippen LogP contribution in [0.1, 0.15) is 86.0 Å². The van der Waals surface area contributed by atoms with E-state index < -0.39 is 14.1 Å². The van der Waals surface area contributed by atoms with E-state index in [0.717, 1.165) is 44.9 Å². The Hall–Kier alpha value is -1.79. The van der Waals surface area contributed by atoms with Gasteiger partial charge in [-0.1, -0.05) is 95.3 Å². The molecule has 4 nitrogen and oxygen atoms in total. The average Bonchev–Trinajstić information content (AvgIpc) is 3.58.